The summed E-state index contributed by atoms with van der Waals surface area (Å²) in [4.78, 5) is 14.6. The summed E-state index contributed by atoms with van der Waals surface area (Å²) in [5.74, 6) is 0.681. The van der Waals surface area contributed by atoms with E-state index in [-0.39, 0.29) is 11.3 Å². The van der Waals surface area contributed by atoms with E-state index in [0.29, 0.717) is 5.78 Å². The van der Waals surface area contributed by atoms with Gasteiger partial charge in [-0.1, -0.05) is 39.0 Å². The second-order valence-electron chi connectivity index (χ2n) is 6.21. The molecule has 0 spiro atoms. The molecule has 1 aliphatic heterocycles. The van der Waals surface area contributed by atoms with Crippen molar-refractivity contribution in [2.75, 3.05) is 18.0 Å². The van der Waals surface area contributed by atoms with Crippen LogP contribution in [-0.4, -0.2) is 18.9 Å². The smallest absolute Gasteiger partial charge is 0.141 e. The average molecular weight is 245 g/mol. The van der Waals surface area contributed by atoms with Crippen LogP contribution in [0.4, 0.5) is 5.69 Å². The maximum Gasteiger partial charge on any atom is 0.141 e. The molecule has 2 nitrogen and oxygen atoms in total. The third-order valence-corrected chi connectivity index (χ3v) is 3.73. The summed E-state index contributed by atoms with van der Waals surface area (Å²) in [5.41, 5.74) is 1.08. The molecule has 0 aliphatic carbocycles. The van der Waals surface area contributed by atoms with Crippen molar-refractivity contribution in [2.45, 2.75) is 33.6 Å². The van der Waals surface area contributed by atoms with E-state index < -0.39 is 0 Å². The van der Waals surface area contributed by atoms with E-state index in [0.717, 1.165) is 25.9 Å². The second kappa shape index (κ2) is 5.13. The number of ketones is 1. The van der Waals surface area contributed by atoms with Crippen molar-refractivity contribution in [1.82, 2.24) is 0 Å². The van der Waals surface area contributed by atoms with Crippen LogP contribution in [0.3, 0.4) is 0 Å². The third-order valence-electron chi connectivity index (χ3n) is 3.73. The number of carbonyl (C=O) groups excluding carboxylic acids is 1. The zero-order valence-electron chi connectivity index (χ0n) is 11.6. The van der Waals surface area contributed by atoms with Crippen molar-refractivity contribution in [3.63, 3.8) is 0 Å². The van der Waals surface area contributed by atoms with Crippen LogP contribution < -0.4 is 4.90 Å². The number of rotatable bonds is 2. The van der Waals surface area contributed by atoms with Gasteiger partial charge < -0.3 is 4.90 Å². The summed E-state index contributed by atoms with van der Waals surface area (Å²) >= 11 is 0. The summed E-state index contributed by atoms with van der Waals surface area (Å²) < 4.78 is 0. The van der Waals surface area contributed by atoms with E-state index in [1.807, 2.05) is 26.8 Å². The minimum Gasteiger partial charge on any atom is -0.371 e. The Morgan fingerprint density at radius 2 is 1.67 bits per heavy atom. The van der Waals surface area contributed by atoms with Crippen molar-refractivity contribution in [2.24, 2.45) is 11.3 Å². The molecule has 1 saturated heterocycles. The Balaban J connectivity index is 1.95. The average Bonchev–Trinajstić information content (AvgIpc) is 2.38. The SMILES string of the molecule is CC(C)(C)C(=O)C1CCN(c2ccccc2)CC1. The maximum atomic E-state index is 12.2. The van der Waals surface area contributed by atoms with E-state index in [1.165, 1.54) is 5.69 Å². The molecule has 0 bridgehead atoms. The zero-order chi connectivity index (χ0) is 13.2. The van der Waals surface area contributed by atoms with Crippen LogP contribution in [0.1, 0.15) is 33.6 Å². The predicted octanol–water partition coefficient (Wildman–Crippen LogP) is 3.52. The maximum absolute atomic E-state index is 12.2. The van der Waals surface area contributed by atoms with Crippen LogP contribution in [-0.2, 0) is 4.79 Å². The molecular weight excluding hydrogens is 222 g/mol. The number of Topliss-reactive ketones (excluding diaryl/α,β-unsaturated/α-hetero) is 1. The fraction of sp³-hybridized carbons (Fsp3) is 0.562. The Morgan fingerprint density at radius 1 is 1.11 bits per heavy atom. The molecule has 1 aromatic rings. The molecule has 2 heteroatoms. The lowest BCUT2D eigenvalue weighted by Gasteiger charge is -2.35. The topological polar surface area (TPSA) is 20.3 Å². The Hall–Kier alpha value is -1.31. The van der Waals surface area contributed by atoms with Crippen LogP contribution in [0, 0.1) is 11.3 Å². The standard InChI is InChI=1S/C16H23NO/c1-16(2,3)15(18)13-9-11-17(12-10-13)14-7-5-4-6-8-14/h4-8,13H,9-12H2,1-3H3. The predicted molar refractivity (Wildman–Crippen MR) is 75.8 cm³/mol. The molecule has 0 aromatic heterocycles. The molecule has 1 aromatic carbocycles. The summed E-state index contributed by atoms with van der Waals surface area (Å²) in [5, 5.41) is 0. The van der Waals surface area contributed by atoms with Gasteiger partial charge in [-0.15, -0.1) is 0 Å². The number of piperidine rings is 1. The molecule has 0 unspecified atom stereocenters. The summed E-state index contributed by atoms with van der Waals surface area (Å²) in [6.45, 7) is 8.07. The van der Waals surface area contributed by atoms with Crippen molar-refractivity contribution in [3.8, 4) is 0 Å². The molecule has 2 rings (SSSR count). The first-order valence-corrected chi connectivity index (χ1v) is 6.83. The Kier molecular flexibility index (Phi) is 3.74. The number of hydrogen-bond acceptors (Lipinski definition) is 2. The molecule has 1 aliphatic rings. The van der Waals surface area contributed by atoms with Crippen molar-refractivity contribution >= 4 is 11.5 Å². The van der Waals surface area contributed by atoms with Crippen LogP contribution in [0.15, 0.2) is 30.3 Å². The number of carbonyl (C=O) groups is 1. The lowest BCUT2D eigenvalue weighted by atomic mass is 9.79. The summed E-state index contributed by atoms with van der Waals surface area (Å²) in [7, 11) is 0. The van der Waals surface area contributed by atoms with Crippen molar-refractivity contribution < 1.29 is 4.79 Å². The van der Waals surface area contributed by atoms with Gasteiger partial charge in [0.2, 0.25) is 0 Å². The largest absolute Gasteiger partial charge is 0.371 e. The highest BCUT2D eigenvalue weighted by atomic mass is 16.1. The molecular formula is C16H23NO. The molecule has 0 saturated carbocycles. The first kappa shape index (κ1) is 13.1. The molecule has 18 heavy (non-hydrogen) atoms. The molecule has 0 N–H and O–H groups in total. The first-order chi connectivity index (χ1) is 8.48. The number of anilines is 1. The normalized spacial score (nSPS) is 17.8. The van der Waals surface area contributed by atoms with Crippen LogP contribution >= 0.6 is 0 Å². The molecule has 0 atom stereocenters. The highest BCUT2D eigenvalue weighted by Gasteiger charge is 2.32. The van der Waals surface area contributed by atoms with E-state index in [1.54, 1.807) is 0 Å². The molecule has 0 amide bonds. The minimum absolute atomic E-state index is 0.195. The number of hydrogen-bond donors (Lipinski definition) is 0. The monoisotopic (exact) mass is 245 g/mol. The van der Waals surface area contributed by atoms with Gasteiger partial charge in [0, 0.05) is 30.1 Å². The highest BCUT2D eigenvalue weighted by molar-refractivity contribution is 5.86. The second-order valence-corrected chi connectivity index (χ2v) is 6.21. The fourth-order valence-corrected chi connectivity index (χ4v) is 2.65. The minimum atomic E-state index is -0.195. The molecule has 1 fully saturated rings. The van der Waals surface area contributed by atoms with Gasteiger partial charge in [0.1, 0.15) is 5.78 Å². The van der Waals surface area contributed by atoms with E-state index in [4.69, 9.17) is 0 Å². The first-order valence-electron chi connectivity index (χ1n) is 6.83. The summed E-state index contributed by atoms with van der Waals surface area (Å²) in [6.07, 6.45) is 1.98. The summed E-state index contributed by atoms with van der Waals surface area (Å²) in [6, 6.07) is 10.5. The van der Waals surface area contributed by atoms with Crippen molar-refractivity contribution in [3.05, 3.63) is 30.3 Å². The van der Waals surface area contributed by atoms with Gasteiger partial charge in [-0.2, -0.15) is 0 Å². The number of nitrogens with zero attached hydrogens (tertiary/aromatic N) is 1. The van der Waals surface area contributed by atoms with E-state index in [9.17, 15) is 4.79 Å². The Morgan fingerprint density at radius 3 is 2.17 bits per heavy atom. The third kappa shape index (κ3) is 2.92. The van der Waals surface area contributed by atoms with Gasteiger partial charge >= 0.3 is 0 Å². The van der Waals surface area contributed by atoms with Crippen molar-refractivity contribution in [1.29, 1.82) is 0 Å². The Bertz CT molecular complexity index is 397. The quantitative estimate of drug-likeness (QED) is 0.794. The molecule has 1 heterocycles. The lowest BCUT2D eigenvalue weighted by molar-refractivity contribution is -0.131. The van der Waals surface area contributed by atoms with E-state index >= 15 is 0 Å². The molecule has 98 valence electrons. The van der Waals surface area contributed by atoms with Gasteiger partial charge in [-0.25, -0.2) is 0 Å². The lowest BCUT2D eigenvalue weighted by Crippen LogP contribution is -2.39. The Labute approximate surface area is 110 Å². The van der Waals surface area contributed by atoms with Gasteiger partial charge in [0.15, 0.2) is 0 Å². The van der Waals surface area contributed by atoms with Crippen LogP contribution in [0.5, 0.6) is 0 Å². The van der Waals surface area contributed by atoms with Crippen LogP contribution in [0.2, 0.25) is 0 Å². The zero-order valence-corrected chi connectivity index (χ0v) is 11.6. The van der Waals surface area contributed by atoms with E-state index in [2.05, 4.69) is 29.2 Å². The highest BCUT2D eigenvalue weighted by Crippen LogP contribution is 2.29. The van der Waals surface area contributed by atoms with Gasteiger partial charge in [-0.05, 0) is 25.0 Å². The van der Waals surface area contributed by atoms with Gasteiger partial charge in [0.05, 0.1) is 0 Å². The fourth-order valence-electron chi connectivity index (χ4n) is 2.65. The number of para-hydroxylation sites is 1. The number of benzene rings is 1. The van der Waals surface area contributed by atoms with Gasteiger partial charge in [-0.3, -0.25) is 4.79 Å². The van der Waals surface area contributed by atoms with Gasteiger partial charge in [0.25, 0.3) is 0 Å². The molecule has 0 radical (unpaired) electrons. The van der Waals surface area contributed by atoms with Crippen LogP contribution in [0.25, 0.3) is 0 Å².